The van der Waals surface area contributed by atoms with E-state index in [1.165, 1.54) is 12.1 Å². The van der Waals surface area contributed by atoms with Crippen molar-refractivity contribution in [1.82, 2.24) is 19.8 Å². The number of hydrogen-bond donors (Lipinski definition) is 1. The Bertz CT molecular complexity index is 906. The molecule has 2 aromatic carbocycles. The third-order valence-corrected chi connectivity index (χ3v) is 4.15. The summed E-state index contributed by atoms with van der Waals surface area (Å²) in [5.41, 5.74) is 1.74. The highest BCUT2D eigenvalue weighted by Crippen LogP contribution is 2.14. The molecular formula is C17H19FN5OS+. The number of ether oxygens (including phenoxy) is 1. The second-order valence-electron chi connectivity index (χ2n) is 5.79. The molecule has 1 unspecified atom stereocenters. The smallest absolute Gasteiger partial charge is 0.225 e. The summed E-state index contributed by atoms with van der Waals surface area (Å²) in [4.78, 5) is 1.11. The lowest BCUT2D eigenvalue weighted by atomic mass is 10.2. The van der Waals surface area contributed by atoms with Crippen LogP contribution in [-0.4, -0.2) is 33.9 Å². The largest absolute Gasteiger partial charge is 0.497 e. The maximum Gasteiger partial charge on any atom is 0.225 e. The van der Waals surface area contributed by atoms with E-state index in [0.717, 1.165) is 21.9 Å². The van der Waals surface area contributed by atoms with Crippen LogP contribution in [0, 0.1) is 10.6 Å². The van der Waals surface area contributed by atoms with E-state index in [2.05, 4.69) is 10.4 Å². The number of aromatic nitrogens is 4. The first-order valence-corrected chi connectivity index (χ1v) is 8.20. The van der Waals surface area contributed by atoms with Gasteiger partial charge in [-0.1, -0.05) is 12.1 Å². The van der Waals surface area contributed by atoms with Gasteiger partial charge in [0, 0.05) is 5.56 Å². The Morgan fingerprint density at radius 2 is 1.92 bits per heavy atom. The first kappa shape index (κ1) is 17.2. The molecule has 0 aliphatic rings. The molecule has 3 aromatic rings. The van der Waals surface area contributed by atoms with Crippen molar-refractivity contribution in [1.29, 1.82) is 0 Å². The summed E-state index contributed by atoms with van der Waals surface area (Å²) in [6.07, 6.45) is 0. The van der Waals surface area contributed by atoms with Gasteiger partial charge in [-0.25, -0.2) is 4.39 Å². The van der Waals surface area contributed by atoms with Crippen molar-refractivity contribution in [3.05, 3.63) is 64.7 Å². The summed E-state index contributed by atoms with van der Waals surface area (Å²) in [7, 11) is 3.62. The highest BCUT2D eigenvalue weighted by Gasteiger charge is 2.11. The first-order valence-electron chi connectivity index (χ1n) is 7.80. The molecule has 1 N–H and O–H groups in total. The van der Waals surface area contributed by atoms with Crippen molar-refractivity contribution in [2.75, 3.05) is 14.2 Å². The second kappa shape index (κ2) is 7.54. The molecule has 0 saturated carbocycles. The quantitative estimate of drug-likeness (QED) is 0.679. The van der Waals surface area contributed by atoms with Crippen molar-refractivity contribution in [3.8, 4) is 11.4 Å². The third kappa shape index (κ3) is 4.09. The summed E-state index contributed by atoms with van der Waals surface area (Å²) in [5.74, 6) is 0.536. The molecule has 8 heteroatoms. The number of tetrazole rings is 1. The van der Waals surface area contributed by atoms with Gasteiger partial charge in [0.2, 0.25) is 4.77 Å². The zero-order chi connectivity index (χ0) is 17.8. The van der Waals surface area contributed by atoms with E-state index in [4.69, 9.17) is 17.0 Å². The minimum absolute atomic E-state index is 0.229. The Kier molecular flexibility index (Phi) is 5.20. The van der Waals surface area contributed by atoms with Crippen LogP contribution in [0.15, 0.2) is 48.5 Å². The predicted molar refractivity (Wildman–Crippen MR) is 93.7 cm³/mol. The zero-order valence-electron chi connectivity index (χ0n) is 14.0. The summed E-state index contributed by atoms with van der Waals surface area (Å²) in [5, 5.41) is 8.26. The van der Waals surface area contributed by atoms with Crippen LogP contribution in [0.2, 0.25) is 0 Å². The van der Waals surface area contributed by atoms with E-state index < -0.39 is 0 Å². The number of nitrogens with one attached hydrogen (secondary N) is 1. The predicted octanol–water partition coefficient (Wildman–Crippen LogP) is 1.62. The number of nitrogens with zero attached hydrogens (tertiary/aromatic N) is 4. The molecule has 130 valence electrons. The van der Waals surface area contributed by atoms with Gasteiger partial charge in [-0.05, 0) is 59.0 Å². The molecule has 0 spiro atoms. The van der Waals surface area contributed by atoms with E-state index in [-0.39, 0.29) is 5.82 Å². The van der Waals surface area contributed by atoms with Gasteiger partial charge in [-0.3, -0.25) is 0 Å². The summed E-state index contributed by atoms with van der Waals surface area (Å²) in [6.45, 7) is 1.19. The molecule has 0 saturated heterocycles. The highest BCUT2D eigenvalue weighted by molar-refractivity contribution is 7.71. The minimum Gasteiger partial charge on any atom is -0.497 e. The van der Waals surface area contributed by atoms with Crippen LogP contribution in [0.4, 0.5) is 4.39 Å². The third-order valence-electron chi connectivity index (χ3n) is 3.77. The van der Waals surface area contributed by atoms with Gasteiger partial charge in [0.15, 0.2) is 6.67 Å². The maximum atomic E-state index is 13.3. The van der Waals surface area contributed by atoms with Gasteiger partial charge in [0.1, 0.15) is 18.1 Å². The molecule has 0 aliphatic heterocycles. The van der Waals surface area contributed by atoms with Crippen LogP contribution in [-0.2, 0) is 13.2 Å². The van der Waals surface area contributed by atoms with E-state index >= 15 is 0 Å². The van der Waals surface area contributed by atoms with Crippen LogP contribution in [0.5, 0.6) is 5.75 Å². The van der Waals surface area contributed by atoms with Crippen LogP contribution in [0.1, 0.15) is 5.56 Å². The highest BCUT2D eigenvalue weighted by atomic mass is 32.1. The Morgan fingerprint density at radius 3 is 2.60 bits per heavy atom. The fraction of sp³-hybridized carbons (Fsp3) is 0.235. The fourth-order valence-corrected chi connectivity index (χ4v) is 2.81. The van der Waals surface area contributed by atoms with Gasteiger partial charge in [-0.2, -0.15) is 9.36 Å². The molecule has 1 heterocycles. The zero-order valence-corrected chi connectivity index (χ0v) is 14.8. The van der Waals surface area contributed by atoms with E-state index in [0.29, 0.717) is 18.0 Å². The van der Waals surface area contributed by atoms with Crippen LogP contribution < -0.4 is 9.64 Å². The van der Waals surface area contributed by atoms with Gasteiger partial charge in [0.05, 0.1) is 19.8 Å². The Hall–Kier alpha value is -2.58. The number of rotatable bonds is 6. The van der Waals surface area contributed by atoms with E-state index in [1.54, 1.807) is 22.5 Å². The number of halogens is 1. The number of hydrogen-bond acceptors (Lipinski definition) is 4. The van der Waals surface area contributed by atoms with Gasteiger partial charge in [0.25, 0.3) is 0 Å². The first-order chi connectivity index (χ1) is 12.1. The van der Waals surface area contributed by atoms with Crippen molar-refractivity contribution >= 4 is 12.2 Å². The van der Waals surface area contributed by atoms with Crippen molar-refractivity contribution in [2.45, 2.75) is 13.2 Å². The van der Waals surface area contributed by atoms with Crippen LogP contribution >= 0.6 is 12.2 Å². The Balaban J connectivity index is 1.73. The Labute approximate surface area is 150 Å². The van der Waals surface area contributed by atoms with Gasteiger partial charge in [-0.15, -0.1) is 0 Å². The summed E-state index contributed by atoms with van der Waals surface area (Å²) < 4.78 is 22.2. The molecule has 3 rings (SSSR count). The molecule has 1 atom stereocenters. The molecule has 6 nitrogen and oxygen atoms in total. The van der Waals surface area contributed by atoms with Gasteiger partial charge >= 0.3 is 0 Å². The lowest BCUT2D eigenvalue weighted by Crippen LogP contribution is -3.07. The van der Waals surface area contributed by atoms with Crippen LogP contribution in [0.3, 0.4) is 0 Å². The lowest BCUT2D eigenvalue weighted by molar-refractivity contribution is -0.917. The second-order valence-corrected chi connectivity index (χ2v) is 6.16. The van der Waals surface area contributed by atoms with Crippen LogP contribution in [0.25, 0.3) is 5.69 Å². The summed E-state index contributed by atoms with van der Waals surface area (Å²) >= 11 is 5.47. The molecule has 0 aliphatic carbocycles. The lowest BCUT2D eigenvalue weighted by Gasteiger charge is -2.13. The average molecular weight is 360 g/mol. The van der Waals surface area contributed by atoms with Crippen molar-refractivity contribution in [3.63, 3.8) is 0 Å². The van der Waals surface area contributed by atoms with E-state index in [1.807, 2.05) is 37.4 Å². The number of methoxy groups -OCH3 is 1. The fourth-order valence-electron chi connectivity index (χ4n) is 2.57. The normalized spacial score (nSPS) is 12.1. The number of benzene rings is 2. The summed E-state index contributed by atoms with van der Waals surface area (Å²) in [6, 6.07) is 14.0. The molecule has 0 amide bonds. The molecule has 0 radical (unpaired) electrons. The number of quaternary nitrogens is 1. The molecule has 0 fully saturated rings. The Morgan fingerprint density at radius 1 is 1.16 bits per heavy atom. The van der Waals surface area contributed by atoms with E-state index in [9.17, 15) is 4.39 Å². The van der Waals surface area contributed by atoms with Gasteiger partial charge < -0.3 is 9.64 Å². The molecule has 0 bridgehead atoms. The average Bonchev–Trinajstić information content (AvgIpc) is 2.95. The topological polar surface area (TPSA) is 49.3 Å². The minimum atomic E-state index is -0.229. The SMILES string of the molecule is COc1ccc(-n2nnn(C[NH+](C)Cc3cccc(F)c3)c2=S)cc1. The molecular weight excluding hydrogens is 341 g/mol. The monoisotopic (exact) mass is 360 g/mol. The maximum absolute atomic E-state index is 13.3. The van der Waals surface area contributed by atoms with Crippen molar-refractivity contribution < 1.29 is 14.0 Å². The standard InChI is InChI=1S/C17H18FN5OS/c1-21(11-13-4-3-5-14(18)10-13)12-22-17(25)23(20-19-22)15-6-8-16(24-2)9-7-15/h3-10H,11-12H2,1-2H3/p+1. The molecule has 25 heavy (non-hydrogen) atoms. The molecule has 1 aromatic heterocycles. The van der Waals surface area contributed by atoms with Crippen molar-refractivity contribution in [2.24, 2.45) is 0 Å².